The van der Waals surface area contributed by atoms with Crippen LogP contribution in [-0.4, -0.2) is 38.3 Å². The lowest BCUT2D eigenvalue weighted by atomic mass is 10.3. The molecule has 0 saturated heterocycles. The van der Waals surface area contributed by atoms with E-state index in [0.717, 1.165) is 6.42 Å². The van der Waals surface area contributed by atoms with Crippen molar-refractivity contribution >= 4 is 21.4 Å². The van der Waals surface area contributed by atoms with Crippen molar-refractivity contribution in [3.05, 3.63) is 28.3 Å². The Morgan fingerprint density at radius 2 is 2.10 bits per heavy atom. The van der Waals surface area contributed by atoms with Gasteiger partial charge in [0.15, 0.2) is 4.90 Å². The first-order valence-corrected chi connectivity index (χ1v) is 8.14. The highest BCUT2D eigenvalue weighted by Gasteiger charge is 2.38. The van der Waals surface area contributed by atoms with Crippen LogP contribution in [0.25, 0.3) is 0 Å². The molecule has 2 atom stereocenters. The molecule has 1 aliphatic rings. The molecule has 1 N–H and O–H groups in total. The maximum Gasteiger partial charge on any atom is 0.289 e. The molecule has 0 aromatic heterocycles. The smallest absolute Gasteiger partial charge is 0.289 e. The van der Waals surface area contributed by atoms with Gasteiger partial charge in [0.25, 0.3) is 5.69 Å². The molecule has 0 amide bonds. The predicted octanol–water partition coefficient (Wildman–Crippen LogP) is 1.91. The fraction of sp³-hybridized carbons (Fsp3) is 0.538. The Bertz CT molecular complexity index is 659. The monoisotopic (exact) mass is 313 g/mol. The van der Waals surface area contributed by atoms with Gasteiger partial charge in [0.2, 0.25) is 10.0 Å². The van der Waals surface area contributed by atoms with E-state index in [1.165, 1.54) is 29.6 Å². The zero-order chi connectivity index (χ0) is 15.8. The largest absolute Gasteiger partial charge is 0.388 e. The van der Waals surface area contributed by atoms with Crippen LogP contribution in [-0.2, 0) is 10.0 Å². The maximum absolute atomic E-state index is 12.6. The molecule has 116 valence electrons. The summed E-state index contributed by atoms with van der Waals surface area (Å²) in [5, 5.41) is 13.9. The summed E-state index contributed by atoms with van der Waals surface area (Å²) < 4.78 is 26.4. The van der Waals surface area contributed by atoms with E-state index in [-0.39, 0.29) is 4.90 Å². The summed E-state index contributed by atoms with van der Waals surface area (Å²) in [5.41, 5.74) is 0.122. The Kier molecular flexibility index (Phi) is 4.20. The molecule has 2 rings (SSSR count). The number of rotatable bonds is 6. The van der Waals surface area contributed by atoms with Gasteiger partial charge in [-0.05, 0) is 30.4 Å². The van der Waals surface area contributed by atoms with Gasteiger partial charge >= 0.3 is 0 Å². The van der Waals surface area contributed by atoms with E-state index >= 15 is 0 Å². The second kappa shape index (κ2) is 5.61. The predicted molar refractivity (Wildman–Crippen MR) is 79.7 cm³/mol. The van der Waals surface area contributed by atoms with Gasteiger partial charge < -0.3 is 5.32 Å². The minimum atomic E-state index is -3.87. The number of hydrogen-bond donors (Lipinski definition) is 1. The summed E-state index contributed by atoms with van der Waals surface area (Å²) >= 11 is 0. The maximum atomic E-state index is 12.6. The highest BCUT2D eigenvalue weighted by molar-refractivity contribution is 7.89. The van der Waals surface area contributed by atoms with Gasteiger partial charge in [-0.2, -0.15) is 0 Å². The zero-order valence-electron chi connectivity index (χ0n) is 12.2. The molecule has 0 spiro atoms. The Morgan fingerprint density at radius 1 is 1.48 bits per heavy atom. The van der Waals surface area contributed by atoms with Crippen molar-refractivity contribution in [2.45, 2.75) is 18.2 Å². The van der Waals surface area contributed by atoms with Crippen molar-refractivity contribution in [2.24, 2.45) is 11.8 Å². The number of nitrogens with one attached hydrogen (secondary N) is 1. The number of hydrogen-bond acceptors (Lipinski definition) is 5. The van der Waals surface area contributed by atoms with E-state index in [0.29, 0.717) is 24.1 Å². The van der Waals surface area contributed by atoms with Crippen LogP contribution in [0.15, 0.2) is 23.1 Å². The SMILES string of the molecule is CNc1ccc([N+](=O)[O-])c(S(=O)(=O)N(C)CC2CC2C)c1. The zero-order valence-corrected chi connectivity index (χ0v) is 13.1. The summed E-state index contributed by atoms with van der Waals surface area (Å²) in [6.45, 7) is 2.46. The quantitative estimate of drug-likeness (QED) is 0.639. The van der Waals surface area contributed by atoms with Crippen LogP contribution >= 0.6 is 0 Å². The molecule has 0 aliphatic heterocycles. The van der Waals surface area contributed by atoms with Crippen molar-refractivity contribution in [3.8, 4) is 0 Å². The van der Waals surface area contributed by atoms with Crippen LogP contribution in [0.2, 0.25) is 0 Å². The molecule has 7 nitrogen and oxygen atoms in total. The molecule has 1 aromatic carbocycles. The van der Waals surface area contributed by atoms with Crippen LogP contribution in [0.4, 0.5) is 11.4 Å². The highest BCUT2D eigenvalue weighted by atomic mass is 32.2. The van der Waals surface area contributed by atoms with E-state index in [2.05, 4.69) is 12.2 Å². The summed E-state index contributed by atoms with van der Waals surface area (Å²) in [4.78, 5) is 10.1. The molecule has 0 radical (unpaired) electrons. The standard InChI is InChI=1S/C13H19N3O4S/c1-9-6-10(9)8-15(3)21(19,20)13-7-11(14-2)4-5-12(13)16(17)18/h4-5,7,9-10,14H,6,8H2,1-3H3. The molecule has 1 aromatic rings. The minimum absolute atomic E-state index is 0.268. The van der Waals surface area contributed by atoms with Crippen molar-refractivity contribution in [1.29, 1.82) is 0 Å². The molecule has 8 heteroatoms. The average molecular weight is 313 g/mol. The lowest BCUT2D eigenvalue weighted by molar-refractivity contribution is -0.387. The molecular weight excluding hydrogens is 294 g/mol. The molecule has 0 bridgehead atoms. The summed E-state index contributed by atoms with van der Waals surface area (Å²) in [7, 11) is -0.774. The fourth-order valence-corrected chi connectivity index (χ4v) is 3.68. The molecule has 0 heterocycles. The molecule has 1 fully saturated rings. The first kappa shape index (κ1) is 15.7. The van der Waals surface area contributed by atoms with Crippen LogP contribution in [0, 0.1) is 22.0 Å². The number of nitro groups is 1. The third-order valence-electron chi connectivity index (χ3n) is 3.90. The van der Waals surface area contributed by atoms with Crippen LogP contribution in [0.5, 0.6) is 0 Å². The Hall–Kier alpha value is -1.67. The van der Waals surface area contributed by atoms with E-state index in [1.807, 2.05) is 0 Å². The van der Waals surface area contributed by atoms with Gasteiger partial charge in [-0.1, -0.05) is 6.92 Å². The van der Waals surface area contributed by atoms with Crippen LogP contribution < -0.4 is 5.32 Å². The lowest BCUT2D eigenvalue weighted by Crippen LogP contribution is -2.29. The van der Waals surface area contributed by atoms with E-state index in [4.69, 9.17) is 0 Å². The molecule has 1 aliphatic carbocycles. The summed E-state index contributed by atoms with van der Waals surface area (Å²) in [6, 6.07) is 4.01. The Morgan fingerprint density at radius 3 is 2.57 bits per heavy atom. The van der Waals surface area contributed by atoms with Crippen LogP contribution in [0.1, 0.15) is 13.3 Å². The van der Waals surface area contributed by atoms with Crippen molar-refractivity contribution < 1.29 is 13.3 Å². The van der Waals surface area contributed by atoms with Gasteiger partial charge in [0, 0.05) is 32.4 Å². The molecule has 21 heavy (non-hydrogen) atoms. The number of nitro benzene ring substituents is 1. The van der Waals surface area contributed by atoms with Gasteiger partial charge in [-0.25, -0.2) is 12.7 Å². The van der Waals surface area contributed by atoms with E-state index < -0.39 is 20.6 Å². The first-order valence-electron chi connectivity index (χ1n) is 6.70. The summed E-state index contributed by atoms with van der Waals surface area (Å²) in [6.07, 6.45) is 0.999. The fourth-order valence-electron chi connectivity index (χ4n) is 2.28. The minimum Gasteiger partial charge on any atom is -0.388 e. The molecular formula is C13H19N3O4S. The van der Waals surface area contributed by atoms with Gasteiger partial charge in [0.05, 0.1) is 4.92 Å². The number of anilines is 1. The van der Waals surface area contributed by atoms with E-state index in [1.54, 1.807) is 7.05 Å². The van der Waals surface area contributed by atoms with Gasteiger partial charge in [-0.15, -0.1) is 0 Å². The topological polar surface area (TPSA) is 92.5 Å². The Balaban J connectivity index is 2.39. The van der Waals surface area contributed by atoms with Crippen LogP contribution in [0.3, 0.4) is 0 Å². The van der Waals surface area contributed by atoms with Crippen molar-refractivity contribution in [1.82, 2.24) is 4.31 Å². The third kappa shape index (κ3) is 3.16. The second-order valence-corrected chi connectivity index (χ2v) is 7.46. The lowest BCUT2D eigenvalue weighted by Gasteiger charge is -2.17. The molecule has 1 saturated carbocycles. The van der Waals surface area contributed by atoms with Gasteiger partial charge in [0.1, 0.15) is 0 Å². The number of nitrogens with zero attached hydrogens (tertiary/aromatic N) is 2. The highest BCUT2D eigenvalue weighted by Crippen LogP contribution is 2.39. The normalized spacial score (nSPS) is 21.3. The van der Waals surface area contributed by atoms with Crippen molar-refractivity contribution in [3.63, 3.8) is 0 Å². The summed E-state index contributed by atoms with van der Waals surface area (Å²) in [5.74, 6) is 0.859. The number of benzene rings is 1. The third-order valence-corrected chi connectivity index (χ3v) is 5.75. The number of sulfonamides is 1. The second-order valence-electron chi connectivity index (χ2n) is 5.45. The van der Waals surface area contributed by atoms with E-state index in [9.17, 15) is 18.5 Å². The van der Waals surface area contributed by atoms with Gasteiger partial charge in [-0.3, -0.25) is 10.1 Å². The first-order chi connectivity index (χ1) is 9.77. The average Bonchev–Trinajstić information content (AvgIpc) is 3.13. The Labute approximate surface area is 124 Å². The van der Waals surface area contributed by atoms with Crippen molar-refractivity contribution in [2.75, 3.05) is 26.0 Å². The molecule has 2 unspecified atom stereocenters.